The van der Waals surface area contributed by atoms with Crippen molar-refractivity contribution in [3.63, 3.8) is 0 Å². The molecule has 1 fully saturated rings. The highest BCUT2D eigenvalue weighted by atomic mass is 35.5. The molecule has 0 radical (unpaired) electrons. The van der Waals surface area contributed by atoms with E-state index in [2.05, 4.69) is 5.32 Å². The Morgan fingerprint density at radius 3 is 2.73 bits per heavy atom. The minimum Gasteiger partial charge on any atom is -0.329 e. The predicted octanol–water partition coefficient (Wildman–Crippen LogP) is 3.77. The van der Waals surface area contributed by atoms with Crippen LogP contribution in [0.1, 0.15) is 27.5 Å². The summed E-state index contributed by atoms with van der Waals surface area (Å²) in [4.78, 5) is 25.6. The molecule has 1 unspecified atom stereocenters. The lowest BCUT2D eigenvalue weighted by molar-refractivity contribution is -0.385. The summed E-state index contributed by atoms with van der Waals surface area (Å²) in [5, 5.41) is 15.1. The SMILES string of the molecule is Cc1c(C(=O)N2CCNCC2c2cccc(Cl)c2)cccc1[N+](=O)[O-].Cl. The third-order valence-corrected chi connectivity index (χ3v) is 4.71. The minimum atomic E-state index is -0.460. The molecule has 26 heavy (non-hydrogen) atoms. The molecule has 0 aromatic heterocycles. The molecular formula is C18H19Cl2N3O3. The van der Waals surface area contributed by atoms with Crippen LogP contribution in [0.25, 0.3) is 0 Å². The first-order valence-electron chi connectivity index (χ1n) is 8.00. The summed E-state index contributed by atoms with van der Waals surface area (Å²) in [6, 6.07) is 11.9. The lowest BCUT2D eigenvalue weighted by atomic mass is 10.00. The number of nitro benzene ring substituents is 1. The third-order valence-electron chi connectivity index (χ3n) is 4.47. The number of carbonyl (C=O) groups is 1. The third kappa shape index (κ3) is 3.98. The van der Waals surface area contributed by atoms with Crippen molar-refractivity contribution >= 4 is 35.6 Å². The van der Waals surface area contributed by atoms with Crippen LogP contribution in [0.15, 0.2) is 42.5 Å². The van der Waals surface area contributed by atoms with Gasteiger partial charge in [-0.05, 0) is 30.7 Å². The molecule has 0 spiro atoms. The minimum absolute atomic E-state index is 0. The van der Waals surface area contributed by atoms with Gasteiger partial charge in [-0.3, -0.25) is 14.9 Å². The number of amides is 1. The molecule has 1 heterocycles. The van der Waals surface area contributed by atoms with Crippen molar-refractivity contribution in [1.82, 2.24) is 10.2 Å². The first-order valence-corrected chi connectivity index (χ1v) is 8.38. The lowest BCUT2D eigenvalue weighted by Crippen LogP contribution is -2.48. The van der Waals surface area contributed by atoms with Crippen LogP contribution in [-0.4, -0.2) is 35.4 Å². The average molecular weight is 396 g/mol. The summed E-state index contributed by atoms with van der Waals surface area (Å²) < 4.78 is 0. The van der Waals surface area contributed by atoms with Crippen LogP contribution in [0.3, 0.4) is 0 Å². The summed E-state index contributed by atoms with van der Waals surface area (Å²) in [6.07, 6.45) is 0. The zero-order valence-electron chi connectivity index (χ0n) is 14.1. The fraction of sp³-hybridized carbons (Fsp3) is 0.278. The average Bonchev–Trinajstić information content (AvgIpc) is 2.61. The van der Waals surface area contributed by atoms with Gasteiger partial charge in [-0.2, -0.15) is 0 Å². The second-order valence-corrected chi connectivity index (χ2v) is 6.42. The van der Waals surface area contributed by atoms with Crippen LogP contribution >= 0.6 is 24.0 Å². The number of carbonyl (C=O) groups excluding carboxylic acids is 1. The van der Waals surface area contributed by atoms with Crippen molar-refractivity contribution in [2.75, 3.05) is 19.6 Å². The molecule has 2 aromatic carbocycles. The summed E-state index contributed by atoms with van der Waals surface area (Å²) in [6.45, 7) is 3.43. The summed E-state index contributed by atoms with van der Waals surface area (Å²) in [5.74, 6) is -0.201. The Morgan fingerprint density at radius 1 is 1.31 bits per heavy atom. The molecule has 1 atom stereocenters. The molecule has 0 bridgehead atoms. The van der Waals surface area contributed by atoms with Gasteiger partial charge in [0.25, 0.3) is 11.6 Å². The summed E-state index contributed by atoms with van der Waals surface area (Å²) >= 11 is 6.09. The number of piperazine rings is 1. The molecule has 1 saturated heterocycles. The molecule has 2 aromatic rings. The van der Waals surface area contributed by atoms with Gasteiger partial charge in [0.15, 0.2) is 0 Å². The summed E-state index contributed by atoms with van der Waals surface area (Å²) in [5.41, 5.74) is 1.65. The Kier molecular flexibility index (Phi) is 6.58. The van der Waals surface area contributed by atoms with Gasteiger partial charge in [-0.15, -0.1) is 12.4 Å². The van der Waals surface area contributed by atoms with E-state index in [0.717, 1.165) is 5.56 Å². The highest BCUT2D eigenvalue weighted by Gasteiger charge is 2.30. The monoisotopic (exact) mass is 395 g/mol. The number of hydrogen-bond donors (Lipinski definition) is 1. The van der Waals surface area contributed by atoms with E-state index >= 15 is 0 Å². The second kappa shape index (κ2) is 8.49. The highest BCUT2D eigenvalue weighted by Crippen LogP contribution is 2.28. The van der Waals surface area contributed by atoms with Crippen molar-refractivity contribution < 1.29 is 9.72 Å². The van der Waals surface area contributed by atoms with E-state index in [0.29, 0.717) is 35.8 Å². The normalized spacial score (nSPS) is 16.7. The van der Waals surface area contributed by atoms with E-state index in [1.165, 1.54) is 6.07 Å². The van der Waals surface area contributed by atoms with Gasteiger partial charge < -0.3 is 10.2 Å². The number of hydrogen-bond acceptors (Lipinski definition) is 4. The van der Waals surface area contributed by atoms with E-state index in [1.807, 2.05) is 18.2 Å². The van der Waals surface area contributed by atoms with Crippen LogP contribution in [-0.2, 0) is 0 Å². The maximum Gasteiger partial charge on any atom is 0.273 e. The maximum absolute atomic E-state index is 13.1. The van der Waals surface area contributed by atoms with Crippen LogP contribution in [0.5, 0.6) is 0 Å². The van der Waals surface area contributed by atoms with Crippen molar-refractivity contribution in [3.05, 3.63) is 74.3 Å². The molecule has 0 saturated carbocycles. The number of nitrogens with one attached hydrogen (secondary N) is 1. The van der Waals surface area contributed by atoms with Crippen LogP contribution < -0.4 is 5.32 Å². The predicted molar refractivity (Wildman–Crippen MR) is 103 cm³/mol. The Hall–Kier alpha value is -2.15. The zero-order valence-corrected chi connectivity index (χ0v) is 15.7. The van der Waals surface area contributed by atoms with E-state index < -0.39 is 4.92 Å². The fourth-order valence-corrected chi connectivity index (χ4v) is 3.37. The zero-order chi connectivity index (χ0) is 18.0. The molecule has 6 nitrogen and oxygen atoms in total. The Labute approximate surface area is 162 Å². The standard InChI is InChI=1S/C18H18ClN3O3.ClH/c1-12-15(6-3-7-16(12)22(24)25)18(23)21-9-8-20-11-17(21)13-4-2-5-14(19)10-13;/h2-7,10,17,20H,8-9,11H2,1H3;1H. The number of nitro groups is 1. The van der Waals surface area contributed by atoms with Gasteiger partial charge in [-0.25, -0.2) is 0 Å². The van der Waals surface area contributed by atoms with E-state index in [9.17, 15) is 14.9 Å². The molecule has 8 heteroatoms. The Bertz CT molecular complexity index is 829. The molecule has 1 amide bonds. The van der Waals surface area contributed by atoms with Crippen molar-refractivity contribution in [2.24, 2.45) is 0 Å². The Morgan fingerprint density at radius 2 is 2.04 bits per heavy atom. The topological polar surface area (TPSA) is 75.5 Å². The largest absolute Gasteiger partial charge is 0.329 e. The van der Waals surface area contributed by atoms with E-state index in [4.69, 9.17) is 11.6 Å². The van der Waals surface area contributed by atoms with Crippen molar-refractivity contribution in [3.8, 4) is 0 Å². The van der Waals surface area contributed by atoms with Gasteiger partial charge >= 0.3 is 0 Å². The molecule has 3 rings (SSSR count). The van der Waals surface area contributed by atoms with E-state index in [-0.39, 0.29) is 30.0 Å². The van der Waals surface area contributed by atoms with Crippen LogP contribution in [0.4, 0.5) is 5.69 Å². The first kappa shape index (κ1) is 20.2. The van der Waals surface area contributed by atoms with Crippen LogP contribution in [0.2, 0.25) is 5.02 Å². The number of rotatable bonds is 3. The first-order chi connectivity index (χ1) is 12.0. The van der Waals surface area contributed by atoms with Gasteiger partial charge in [0.05, 0.1) is 11.0 Å². The Balaban J connectivity index is 0.00000243. The molecule has 1 aliphatic rings. The number of nitrogens with zero attached hydrogens (tertiary/aromatic N) is 2. The molecule has 1 N–H and O–H groups in total. The molecule has 0 aliphatic carbocycles. The fourth-order valence-electron chi connectivity index (χ4n) is 3.17. The molecule has 1 aliphatic heterocycles. The number of benzene rings is 2. The van der Waals surface area contributed by atoms with Gasteiger partial charge in [0.2, 0.25) is 0 Å². The smallest absolute Gasteiger partial charge is 0.273 e. The van der Waals surface area contributed by atoms with E-state index in [1.54, 1.807) is 30.0 Å². The number of halogens is 2. The molecular weight excluding hydrogens is 377 g/mol. The second-order valence-electron chi connectivity index (χ2n) is 5.98. The van der Waals surface area contributed by atoms with Crippen molar-refractivity contribution in [2.45, 2.75) is 13.0 Å². The van der Waals surface area contributed by atoms with Crippen LogP contribution in [0, 0.1) is 17.0 Å². The maximum atomic E-state index is 13.1. The van der Waals surface area contributed by atoms with Crippen molar-refractivity contribution in [1.29, 1.82) is 0 Å². The van der Waals surface area contributed by atoms with Gasteiger partial charge in [0.1, 0.15) is 0 Å². The summed E-state index contributed by atoms with van der Waals surface area (Å²) in [7, 11) is 0. The quantitative estimate of drug-likeness (QED) is 0.633. The highest BCUT2D eigenvalue weighted by molar-refractivity contribution is 6.30. The lowest BCUT2D eigenvalue weighted by Gasteiger charge is -2.37. The van der Waals surface area contributed by atoms with Gasteiger partial charge in [0, 0.05) is 41.9 Å². The molecule has 138 valence electrons. The van der Waals surface area contributed by atoms with Gasteiger partial charge in [-0.1, -0.05) is 29.8 Å².